The van der Waals surface area contributed by atoms with Crippen LogP contribution >= 0.6 is 11.8 Å². The van der Waals surface area contributed by atoms with Crippen LogP contribution in [0.1, 0.15) is 13.8 Å². The maximum absolute atomic E-state index is 12.3. The summed E-state index contributed by atoms with van der Waals surface area (Å²) >= 11 is 1.23. The Morgan fingerprint density at radius 2 is 2.00 bits per heavy atom. The van der Waals surface area contributed by atoms with Gasteiger partial charge >= 0.3 is 6.03 Å². The molecule has 0 radical (unpaired) electrons. The first-order valence-corrected chi connectivity index (χ1v) is 9.20. The molecule has 27 heavy (non-hydrogen) atoms. The summed E-state index contributed by atoms with van der Waals surface area (Å²) in [5.74, 6) is 0.887. The molecule has 0 saturated carbocycles. The molecule has 3 N–H and O–H groups in total. The number of thioether (sulfide) groups is 1. The van der Waals surface area contributed by atoms with Crippen LogP contribution in [0.2, 0.25) is 0 Å². The van der Waals surface area contributed by atoms with E-state index in [0.29, 0.717) is 17.5 Å². The van der Waals surface area contributed by atoms with Crippen molar-refractivity contribution in [2.45, 2.75) is 30.8 Å². The topological polar surface area (TPSA) is 112 Å². The number of methoxy groups -OCH3 is 1. The van der Waals surface area contributed by atoms with Crippen molar-refractivity contribution in [2.75, 3.05) is 7.11 Å². The van der Waals surface area contributed by atoms with Crippen LogP contribution in [0.25, 0.3) is 11.4 Å². The Kier molecular flexibility index (Phi) is 7.00. The van der Waals surface area contributed by atoms with Crippen LogP contribution in [0, 0.1) is 5.92 Å². The van der Waals surface area contributed by atoms with Crippen LogP contribution in [0.4, 0.5) is 4.79 Å². The molecule has 3 amide bonds. The normalized spacial score (nSPS) is 11.9. The summed E-state index contributed by atoms with van der Waals surface area (Å²) in [5.41, 5.74) is 5.93. The molecule has 0 unspecified atom stereocenters. The van der Waals surface area contributed by atoms with E-state index < -0.39 is 17.2 Å². The van der Waals surface area contributed by atoms with Gasteiger partial charge in [-0.3, -0.25) is 14.7 Å². The third kappa shape index (κ3) is 5.10. The van der Waals surface area contributed by atoms with Crippen molar-refractivity contribution in [3.05, 3.63) is 36.9 Å². The number of benzene rings is 1. The predicted molar refractivity (Wildman–Crippen MR) is 104 cm³/mol. The second-order valence-corrected chi connectivity index (χ2v) is 7.18. The third-order valence-electron chi connectivity index (χ3n) is 3.72. The molecule has 8 nitrogen and oxygen atoms in total. The van der Waals surface area contributed by atoms with Crippen LogP contribution < -0.4 is 15.8 Å². The van der Waals surface area contributed by atoms with E-state index in [1.807, 2.05) is 42.7 Å². The van der Waals surface area contributed by atoms with Crippen LogP contribution in [0.15, 0.2) is 42.1 Å². The Morgan fingerprint density at radius 3 is 2.52 bits per heavy atom. The molecule has 0 fully saturated rings. The van der Waals surface area contributed by atoms with E-state index in [2.05, 4.69) is 22.1 Å². The lowest BCUT2D eigenvalue weighted by atomic mass is 10.1. The summed E-state index contributed by atoms with van der Waals surface area (Å²) in [7, 11) is 1.60. The molecule has 0 aliphatic carbocycles. The Hall–Kier alpha value is -2.81. The first-order valence-electron chi connectivity index (χ1n) is 8.32. The zero-order valence-electron chi connectivity index (χ0n) is 15.5. The molecule has 0 saturated heterocycles. The van der Waals surface area contributed by atoms with Gasteiger partial charge in [-0.1, -0.05) is 31.7 Å². The summed E-state index contributed by atoms with van der Waals surface area (Å²) in [6.45, 7) is 8.02. The number of nitrogens with zero attached hydrogens (tertiary/aromatic N) is 3. The second kappa shape index (κ2) is 9.22. The van der Waals surface area contributed by atoms with Gasteiger partial charge in [-0.25, -0.2) is 4.79 Å². The summed E-state index contributed by atoms with van der Waals surface area (Å²) in [6.07, 6.45) is 1.73. The van der Waals surface area contributed by atoms with E-state index in [-0.39, 0.29) is 5.92 Å². The number of imide groups is 1. The number of urea groups is 1. The number of carbonyl (C=O) groups is 2. The number of hydrogen-bond donors (Lipinski definition) is 2. The number of allylic oxidation sites excluding steroid dienone is 1. The average molecular weight is 389 g/mol. The van der Waals surface area contributed by atoms with E-state index in [0.717, 1.165) is 11.3 Å². The highest BCUT2D eigenvalue weighted by atomic mass is 32.2. The fraction of sp³-hybridized carbons (Fsp3) is 0.333. The van der Waals surface area contributed by atoms with Crippen LogP contribution in [-0.4, -0.2) is 39.1 Å². The van der Waals surface area contributed by atoms with Gasteiger partial charge in [-0.15, -0.1) is 16.8 Å². The van der Waals surface area contributed by atoms with Gasteiger partial charge in [0.1, 0.15) is 5.75 Å². The summed E-state index contributed by atoms with van der Waals surface area (Å²) in [4.78, 5) is 23.3. The first kappa shape index (κ1) is 20.5. The molecule has 0 aliphatic rings. The van der Waals surface area contributed by atoms with E-state index in [1.54, 1.807) is 13.2 Å². The molecule has 2 aromatic rings. The van der Waals surface area contributed by atoms with Gasteiger partial charge in [0.25, 0.3) is 0 Å². The molecule has 1 aromatic carbocycles. The number of nitrogens with one attached hydrogen (secondary N) is 1. The number of aromatic nitrogens is 3. The Bertz CT molecular complexity index is 817. The highest BCUT2D eigenvalue weighted by molar-refractivity contribution is 8.00. The smallest absolute Gasteiger partial charge is 0.318 e. The minimum Gasteiger partial charge on any atom is -0.497 e. The van der Waals surface area contributed by atoms with E-state index in [9.17, 15) is 9.59 Å². The molecule has 144 valence electrons. The van der Waals surface area contributed by atoms with Gasteiger partial charge in [0.2, 0.25) is 5.91 Å². The Morgan fingerprint density at radius 1 is 1.33 bits per heavy atom. The molecule has 1 heterocycles. The summed E-state index contributed by atoms with van der Waals surface area (Å²) in [6, 6.07) is 6.57. The number of primary amides is 1. The van der Waals surface area contributed by atoms with Crippen LogP contribution in [0.3, 0.4) is 0 Å². The second-order valence-electron chi connectivity index (χ2n) is 6.07. The number of hydrogen-bond acceptors (Lipinski definition) is 6. The first-order chi connectivity index (χ1) is 12.9. The van der Waals surface area contributed by atoms with Crippen molar-refractivity contribution < 1.29 is 14.3 Å². The van der Waals surface area contributed by atoms with Gasteiger partial charge in [-0.05, 0) is 30.2 Å². The highest BCUT2D eigenvalue weighted by Crippen LogP contribution is 2.30. The fourth-order valence-electron chi connectivity index (χ4n) is 2.42. The molecule has 1 atom stereocenters. The quantitative estimate of drug-likeness (QED) is 0.530. The molecule has 1 aromatic heterocycles. The van der Waals surface area contributed by atoms with E-state index >= 15 is 0 Å². The Balaban J connectivity index is 2.35. The highest BCUT2D eigenvalue weighted by Gasteiger charge is 2.27. The monoisotopic (exact) mass is 389 g/mol. The minimum absolute atomic E-state index is 0.0485. The van der Waals surface area contributed by atoms with Gasteiger partial charge < -0.3 is 10.5 Å². The van der Waals surface area contributed by atoms with E-state index in [4.69, 9.17) is 10.5 Å². The molecular weight excluding hydrogens is 366 g/mol. The van der Waals surface area contributed by atoms with Crippen LogP contribution in [-0.2, 0) is 11.3 Å². The number of rotatable bonds is 8. The van der Waals surface area contributed by atoms with Crippen molar-refractivity contribution >= 4 is 23.7 Å². The zero-order valence-corrected chi connectivity index (χ0v) is 16.3. The van der Waals surface area contributed by atoms with Crippen molar-refractivity contribution in [1.29, 1.82) is 0 Å². The molecule has 0 spiro atoms. The van der Waals surface area contributed by atoms with Crippen molar-refractivity contribution in [1.82, 2.24) is 20.1 Å². The maximum atomic E-state index is 12.3. The van der Waals surface area contributed by atoms with Gasteiger partial charge in [0, 0.05) is 12.1 Å². The largest absolute Gasteiger partial charge is 0.497 e. The van der Waals surface area contributed by atoms with Crippen LogP contribution in [0.5, 0.6) is 5.75 Å². The molecule has 9 heteroatoms. The van der Waals surface area contributed by atoms with Gasteiger partial charge in [-0.2, -0.15) is 0 Å². The van der Waals surface area contributed by atoms with Gasteiger partial charge in [0.15, 0.2) is 11.0 Å². The van der Waals surface area contributed by atoms with Crippen molar-refractivity contribution in [3.8, 4) is 17.1 Å². The number of carbonyl (C=O) groups excluding carboxylic acids is 2. The SMILES string of the molecule is C=CCn1c(S[C@@H](C(=O)NC(N)=O)C(C)C)nnc1-c1ccc(OC)cc1. The fourth-order valence-corrected chi connectivity index (χ4v) is 3.46. The summed E-state index contributed by atoms with van der Waals surface area (Å²) in [5, 5.41) is 10.7. The lowest BCUT2D eigenvalue weighted by molar-refractivity contribution is -0.120. The van der Waals surface area contributed by atoms with Gasteiger partial charge in [0.05, 0.1) is 12.4 Å². The van der Waals surface area contributed by atoms with Crippen molar-refractivity contribution in [2.24, 2.45) is 11.7 Å². The minimum atomic E-state index is -0.877. The third-order valence-corrected chi connectivity index (χ3v) is 5.24. The maximum Gasteiger partial charge on any atom is 0.318 e. The molecule has 0 bridgehead atoms. The number of nitrogens with two attached hydrogens (primary N) is 1. The molecular formula is C18H23N5O3S. The number of ether oxygens (including phenoxy) is 1. The zero-order chi connectivity index (χ0) is 20.0. The molecule has 0 aliphatic heterocycles. The lowest BCUT2D eigenvalue weighted by Crippen LogP contribution is -2.42. The molecule has 2 rings (SSSR count). The lowest BCUT2D eigenvalue weighted by Gasteiger charge is -2.18. The Labute approximate surface area is 162 Å². The summed E-state index contributed by atoms with van der Waals surface area (Å²) < 4.78 is 7.05. The van der Waals surface area contributed by atoms with Crippen molar-refractivity contribution in [3.63, 3.8) is 0 Å². The van der Waals surface area contributed by atoms with E-state index in [1.165, 1.54) is 11.8 Å². The average Bonchev–Trinajstić information content (AvgIpc) is 3.01. The standard InChI is InChI=1S/C18H23N5O3S/c1-5-10-23-15(12-6-8-13(26-4)9-7-12)21-22-18(23)27-14(11(2)3)16(24)20-17(19)25/h5-9,11,14H,1,10H2,2-4H3,(H3,19,20,24,25)/t14-/m1/s1. The number of amides is 3. The predicted octanol–water partition coefficient (Wildman–Crippen LogP) is 2.45.